The van der Waals surface area contributed by atoms with Crippen LogP contribution in [0.4, 0.5) is 0 Å². The minimum absolute atomic E-state index is 0.258. The Morgan fingerprint density at radius 1 is 1.15 bits per heavy atom. The molecule has 0 amide bonds. The molecular formula is C14H31N3O2S. The average molecular weight is 305 g/mol. The van der Waals surface area contributed by atoms with E-state index in [1.54, 1.807) is 7.05 Å². The van der Waals surface area contributed by atoms with Crippen molar-refractivity contribution in [3.8, 4) is 0 Å². The molecule has 5 nitrogen and oxygen atoms in total. The molecule has 0 aromatic heterocycles. The van der Waals surface area contributed by atoms with Crippen molar-refractivity contribution in [3.05, 3.63) is 0 Å². The zero-order valence-corrected chi connectivity index (χ0v) is 14.1. The van der Waals surface area contributed by atoms with E-state index in [0.717, 1.165) is 51.6 Å². The van der Waals surface area contributed by atoms with E-state index in [2.05, 4.69) is 17.0 Å². The Balaban J connectivity index is 2.38. The van der Waals surface area contributed by atoms with Crippen molar-refractivity contribution in [2.45, 2.75) is 64.3 Å². The second-order valence-electron chi connectivity index (χ2n) is 6.15. The zero-order valence-electron chi connectivity index (χ0n) is 13.2. The van der Waals surface area contributed by atoms with Gasteiger partial charge in [0.2, 0.25) is 0 Å². The lowest BCUT2D eigenvalue weighted by Crippen LogP contribution is -2.52. The van der Waals surface area contributed by atoms with Gasteiger partial charge in [-0.1, -0.05) is 26.2 Å². The van der Waals surface area contributed by atoms with Gasteiger partial charge in [-0.25, -0.2) is 0 Å². The highest BCUT2D eigenvalue weighted by molar-refractivity contribution is 7.87. The Labute approximate surface area is 124 Å². The molecule has 0 bridgehead atoms. The lowest BCUT2D eigenvalue weighted by molar-refractivity contribution is 0.286. The molecule has 1 aliphatic carbocycles. The van der Waals surface area contributed by atoms with Crippen LogP contribution >= 0.6 is 0 Å². The van der Waals surface area contributed by atoms with E-state index in [1.807, 2.05) is 6.92 Å². The Morgan fingerprint density at radius 2 is 1.80 bits per heavy atom. The summed E-state index contributed by atoms with van der Waals surface area (Å²) in [5, 5.41) is 3.29. The molecule has 6 heteroatoms. The van der Waals surface area contributed by atoms with Gasteiger partial charge >= 0.3 is 0 Å². The number of nitrogens with one attached hydrogen (secondary N) is 2. The highest BCUT2D eigenvalue weighted by Gasteiger charge is 2.32. The van der Waals surface area contributed by atoms with Crippen molar-refractivity contribution < 1.29 is 8.42 Å². The molecule has 1 fully saturated rings. The van der Waals surface area contributed by atoms with Crippen molar-refractivity contribution >= 4 is 10.2 Å². The first kappa shape index (κ1) is 17.9. The fraction of sp³-hybridized carbons (Fsp3) is 1.00. The highest BCUT2D eigenvalue weighted by atomic mass is 32.2. The van der Waals surface area contributed by atoms with Crippen LogP contribution in [0, 0.1) is 0 Å². The first-order chi connectivity index (χ1) is 9.40. The molecule has 0 heterocycles. The average Bonchev–Trinajstić information content (AvgIpc) is 2.37. The molecular weight excluding hydrogens is 274 g/mol. The summed E-state index contributed by atoms with van der Waals surface area (Å²) in [7, 11) is -1.69. The Kier molecular flexibility index (Phi) is 7.43. The van der Waals surface area contributed by atoms with Crippen molar-refractivity contribution in [1.82, 2.24) is 14.3 Å². The predicted molar refractivity (Wildman–Crippen MR) is 84.0 cm³/mol. The van der Waals surface area contributed by atoms with Gasteiger partial charge in [-0.15, -0.1) is 0 Å². The molecule has 1 aliphatic rings. The molecule has 120 valence electrons. The van der Waals surface area contributed by atoms with E-state index in [-0.39, 0.29) is 5.54 Å². The van der Waals surface area contributed by atoms with Gasteiger partial charge < -0.3 is 5.32 Å². The predicted octanol–water partition coefficient (Wildman–Crippen LogP) is 1.87. The lowest BCUT2D eigenvalue weighted by atomic mass is 9.84. The summed E-state index contributed by atoms with van der Waals surface area (Å²) in [6.07, 6.45) is 7.28. The maximum atomic E-state index is 12.3. The monoisotopic (exact) mass is 305 g/mol. The third-order valence-corrected chi connectivity index (χ3v) is 5.75. The fourth-order valence-corrected chi connectivity index (χ4v) is 4.02. The van der Waals surface area contributed by atoms with Gasteiger partial charge in [-0.05, 0) is 45.7 Å². The Hall–Kier alpha value is -0.170. The third-order valence-electron chi connectivity index (χ3n) is 4.00. The zero-order chi connectivity index (χ0) is 15.1. The molecule has 2 N–H and O–H groups in total. The van der Waals surface area contributed by atoms with Gasteiger partial charge in [-0.2, -0.15) is 17.4 Å². The second-order valence-corrected chi connectivity index (χ2v) is 7.93. The van der Waals surface area contributed by atoms with E-state index in [9.17, 15) is 8.42 Å². The van der Waals surface area contributed by atoms with Crippen LogP contribution in [-0.2, 0) is 10.2 Å². The Morgan fingerprint density at radius 3 is 2.40 bits per heavy atom. The number of hydrogen-bond acceptors (Lipinski definition) is 3. The molecule has 0 spiro atoms. The van der Waals surface area contributed by atoms with Crippen LogP contribution in [-0.4, -0.2) is 44.9 Å². The summed E-state index contributed by atoms with van der Waals surface area (Å²) in [5.41, 5.74) is -0.258. The number of nitrogens with zero attached hydrogens (tertiary/aromatic N) is 1. The van der Waals surface area contributed by atoms with Crippen LogP contribution < -0.4 is 10.0 Å². The van der Waals surface area contributed by atoms with Crippen LogP contribution in [0.15, 0.2) is 0 Å². The van der Waals surface area contributed by atoms with Gasteiger partial charge in [0.25, 0.3) is 10.2 Å². The standard InChI is InChI=1S/C14H31N3O2S/c1-4-11-15-12-8-13-17(3)20(18,19)16-14(2)9-6-5-7-10-14/h15-16H,4-13H2,1-3H3. The molecule has 0 aromatic rings. The minimum Gasteiger partial charge on any atom is -0.317 e. The molecule has 0 saturated heterocycles. The van der Waals surface area contributed by atoms with Gasteiger partial charge in [-0.3, -0.25) is 0 Å². The van der Waals surface area contributed by atoms with E-state index in [0.29, 0.717) is 6.54 Å². The molecule has 20 heavy (non-hydrogen) atoms. The van der Waals surface area contributed by atoms with E-state index in [1.165, 1.54) is 10.7 Å². The van der Waals surface area contributed by atoms with Crippen LogP contribution in [0.5, 0.6) is 0 Å². The number of rotatable bonds is 9. The van der Waals surface area contributed by atoms with Crippen molar-refractivity contribution in [3.63, 3.8) is 0 Å². The van der Waals surface area contributed by atoms with Crippen LogP contribution in [0.2, 0.25) is 0 Å². The molecule has 0 atom stereocenters. The van der Waals surface area contributed by atoms with Gasteiger partial charge in [0.15, 0.2) is 0 Å². The van der Waals surface area contributed by atoms with Crippen molar-refractivity contribution in [2.24, 2.45) is 0 Å². The molecule has 1 rings (SSSR count). The van der Waals surface area contributed by atoms with Crippen LogP contribution in [0.1, 0.15) is 58.8 Å². The smallest absolute Gasteiger partial charge is 0.279 e. The molecule has 1 saturated carbocycles. The normalized spacial score (nSPS) is 19.4. The highest BCUT2D eigenvalue weighted by Crippen LogP contribution is 2.28. The topological polar surface area (TPSA) is 61.4 Å². The summed E-state index contributed by atoms with van der Waals surface area (Å²) in [6, 6.07) is 0. The first-order valence-electron chi connectivity index (χ1n) is 7.85. The van der Waals surface area contributed by atoms with Gasteiger partial charge in [0, 0.05) is 19.1 Å². The van der Waals surface area contributed by atoms with Crippen molar-refractivity contribution in [2.75, 3.05) is 26.7 Å². The summed E-state index contributed by atoms with van der Waals surface area (Å²) >= 11 is 0. The van der Waals surface area contributed by atoms with E-state index < -0.39 is 10.2 Å². The van der Waals surface area contributed by atoms with Gasteiger partial charge in [0.05, 0.1) is 0 Å². The maximum Gasteiger partial charge on any atom is 0.279 e. The molecule has 0 unspecified atom stereocenters. The van der Waals surface area contributed by atoms with E-state index >= 15 is 0 Å². The second kappa shape index (κ2) is 8.32. The minimum atomic E-state index is -3.36. The quantitative estimate of drug-likeness (QED) is 0.639. The molecule has 0 aliphatic heterocycles. The Bertz CT molecular complexity index is 365. The first-order valence-corrected chi connectivity index (χ1v) is 9.29. The van der Waals surface area contributed by atoms with Crippen LogP contribution in [0.25, 0.3) is 0 Å². The summed E-state index contributed by atoms with van der Waals surface area (Å²) < 4.78 is 29.0. The SMILES string of the molecule is CCCNCCCN(C)S(=O)(=O)NC1(C)CCCCC1. The lowest BCUT2D eigenvalue weighted by Gasteiger charge is -2.35. The summed E-state index contributed by atoms with van der Waals surface area (Å²) in [4.78, 5) is 0. The largest absolute Gasteiger partial charge is 0.317 e. The summed E-state index contributed by atoms with van der Waals surface area (Å²) in [6.45, 7) is 6.57. The maximum absolute atomic E-state index is 12.3. The van der Waals surface area contributed by atoms with E-state index in [4.69, 9.17) is 0 Å². The summed E-state index contributed by atoms with van der Waals surface area (Å²) in [5.74, 6) is 0. The van der Waals surface area contributed by atoms with Crippen molar-refractivity contribution in [1.29, 1.82) is 0 Å². The number of hydrogen-bond donors (Lipinski definition) is 2. The molecule has 0 aromatic carbocycles. The molecule has 0 radical (unpaired) electrons. The van der Waals surface area contributed by atoms with Crippen LogP contribution in [0.3, 0.4) is 0 Å². The third kappa shape index (κ3) is 6.08. The van der Waals surface area contributed by atoms with Gasteiger partial charge in [0.1, 0.15) is 0 Å². The fourth-order valence-electron chi connectivity index (χ4n) is 2.67.